The van der Waals surface area contributed by atoms with Crippen molar-refractivity contribution in [1.82, 2.24) is 0 Å². The van der Waals surface area contributed by atoms with Crippen LogP contribution in [0, 0.1) is 5.82 Å². The van der Waals surface area contributed by atoms with Crippen LogP contribution >= 0.6 is 0 Å². The lowest BCUT2D eigenvalue weighted by Crippen LogP contribution is -2.51. The summed E-state index contributed by atoms with van der Waals surface area (Å²) < 4.78 is 51.3. The molecule has 1 atom stereocenters. The number of hydrogen-bond acceptors (Lipinski definition) is 2. The van der Waals surface area contributed by atoms with Crippen molar-refractivity contribution in [3.8, 4) is 0 Å². The highest BCUT2D eigenvalue weighted by molar-refractivity contribution is 5.77. The summed E-state index contributed by atoms with van der Waals surface area (Å²) in [5.41, 5.74) is 2.18. The van der Waals surface area contributed by atoms with E-state index < -0.39 is 29.7 Å². The normalized spacial score (nSPS) is 15.4. The second kappa shape index (κ2) is 4.44. The van der Waals surface area contributed by atoms with Gasteiger partial charge in [0, 0.05) is 6.42 Å². The van der Waals surface area contributed by atoms with Crippen molar-refractivity contribution in [2.24, 2.45) is 5.73 Å². The van der Waals surface area contributed by atoms with Gasteiger partial charge in [-0.25, -0.2) is 4.39 Å². The molecule has 2 N–H and O–H groups in total. The van der Waals surface area contributed by atoms with Crippen LogP contribution in [0.25, 0.3) is 0 Å². The fraction of sp³-hybridized carbons (Fsp3) is 0.364. The van der Waals surface area contributed by atoms with Crippen LogP contribution in [0.15, 0.2) is 24.3 Å². The number of benzene rings is 1. The summed E-state index contributed by atoms with van der Waals surface area (Å²) in [4.78, 5) is 10.9. The summed E-state index contributed by atoms with van der Waals surface area (Å²) in [6, 6.07) is 3.63. The Hall–Kier alpha value is -1.43. The summed E-state index contributed by atoms with van der Waals surface area (Å²) in [5, 5.41) is 0. The SMILES string of the molecule is CC(=O)C[C@](N)(c1ccc(F)cc1)C(F)(F)F. The van der Waals surface area contributed by atoms with E-state index in [1.807, 2.05) is 0 Å². The first kappa shape index (κ1) is 13.6. The summed E-state index contributed by atoms with van der Waals surface area (Å²) in [6.45, 7) is 1.02. The molecule has 0 saturated carbocycles. The quantitative estimate of drug-likeness (QED) is 0.836. The molecule has 1 rings (SSSR count). The molecule has 17 heavy (non-hydrogen) atoms. The number of nitrogens with two attached hydrogens (primary N) is 1. The molecule has 6 heteroatoms. The maximum atomic E-state index is 12.9. The van der Waals surface area contributed by atoms with Gasteiger partial charge in [0.25, 0.3) is 0 Å². The molecular formula is C11H11F4NO. The van der Waals surface area contributed by atoms with Crippen molar-refractivity contribution in [2.75, 3.05) is 0 Å². The van der Waals surface area contributed by atoms with Gasteiger partial charge in [-0.15, -0.1) is 0 Å². The maximum Gasteiger partial charge on any atom is 0.411 e. The van der Waals surface area contributed by atoms with Gasteiger partial charge in [0.05, 0.1) is 0 Å². The largest absolute Gasteiger partial charge is 0.411 e. The minimum Gasteiger partial charge on any atom is -0.314 e. The van der Waals surface area contributed by atoms with Crippen molar-refractivity contribution in [1.29, 1.82) is 0 Å². The van der Waals surface area contributed by atoms with Gasteiger partial charge < -0.3 is 5.73 Å². The molecule has 0 unspecified atom stereocenters. The van der Waals surface area contributed by atoms with E-state index in [4.69, 9.17) is 5.73 Å². The third kappa shape index (κ3) is 2.82. The molecule has 2 nitrogen and oxygen atoms in total. The third-order valence-corrected chi connectivity index (χ3v) is 2.39. The van der Waals surface area contributed by atoms with Gasteiger partial charge in [-0.1, -0.05) is 12.1 Å². The van der Waals surface area contributed by atoms with Crippen molar-refractivity contribution in [2.45, 2.75) is 25.1 Å². The number of ketones is 1. The Kier molecular flexibility index (Phi) is 3.56. The second-order valence-electron chi connectivity index (χ2n) is 3.85. The smallest absolute Gasteiger partial charge is 0.314 e. The molecule has 1 aromatic rings. The molecular weight excluding hydrogens is 238 g/mol. The van der Waals surface area contributed by atoms with E-state index >= 15 is 0 Å². The fourth-order valence-electron chi connectivity index (χ4n) is 1.51. The first-order valence-electron chi connectivity index (χ1n) is 4.78. The van der Waals surface area contributed by atoms with E-state index in [0.29, 0.717) is 0 Å². The first-order valence-corrected chi connectivity index (χ1v) is 4.78. The molecule has 0 spiro atoms. The molecule has 0 aliphatic carbocycles. The summed E-state index contributed by atoms with van der Waals surface area (Å²) in [6.07, 6.45) is -5.65. The van der Waals surface area contributed by atoms with Crippen molar-refractivity contribution >= 4 is 5.78 Å². The highest BCUT2D eigenvalue weighted by atomic mass is 19.4. The third-order valence-electron chi connectivity index (χ3n) is 2.39. The van der Waals surface area contributed by atoms with Crippen LogP contribution in [0.4, 0.5) is 17.6 Å². The Morgan fingerprint density at radius 1 is 1.24 bits per heavy atom. The lowest BCUT2D eigenvalue weighted by molar-refractivity contribution is -0.192. The molecule has 0 bridgehead atoms. The Balaban J connectivity index is 3.24. The summed E-state index contributed by atoms with van der Waals surface area (Å²) >= 11 is 0. The molecule has 0 fully saturated rings. The molecule has 1 aromatic carbocycles. The predicted molar refractivity (Wildman–Crippen MR) is 53.6 cm³/mol. The lowest BCUT2D eigenvalue weighted by Gasteiger charge is -2.31. The Morgan fingerprint density at radius 3 is 2.06 bits per heavy atom. The topological polar surface area (TPSA) is 43.1 Å². The van der Waals surface area contributed by atoms with E-state index in [1.165, 1.54) is 0 Å². The Labute approximate surface area is 95.4 Å². The van der Waals surface area contributed by atoms with Crippen LogP contribution in [-0.4, -0.2) is 12.0 Å². The first-order chi connectivity index (χ1) is 7.67. The molecule has 0 aromatic heterocycles. The van der Waals surface area contributed by atoms with Crippen LogP contribution < -0.4 is 5.73 Å². The number of hydrogen-bond donors (Lipinski definition) is 1. The number of Topliss-reactive ketones (excluding diaryl/α,β-unsaturated/α-hetero) is 1. The number of rotatable bonds is 3. The molecule has 0 radical (unpaired) electrons. The molecule has 0 aliphatic rings. The molecule has 0 aliphatic heterocycles. The molecule has 0 saturated heterocycles. The molecule has 0 amide bonds. The van der Waals surface area contributed by atoms with Gasteiger partial charge in [0.1, 0.15) is 17.1 Å². The Morgan fingerprint density at radius 2 is 1.71 bits per heavy atom. The van der Waals surface area contributed by atoms with E-state index in [0.717, 1.165) is 31.2 Å². The molecule has 0 heterocycles. The van der Waals surface area contributed by atoms with Crippen molar-refractivity contribution in [3.05, 3.63) is 35.6 Å². The standard InChI is InChI=1S/C11H11F4NO/c1-7(17)6-10(16,11(13,14)15)8-2-4-9(12)5-3-8/h2-5H,6,16H2,1H3/t10-/m0/s1. The van der Waals surface area contributed by atoms with E-state index in [-0.39, 0.29) is 5.56 Å². The maximum absolute atomic E-state index is 12.9. The lowest BCUT2D eigenvalue weighted by atomic mass is 9.85. The zero-order valence-electron chi connectivity index (χ0n) is 9.01. The number of alkyl halides is 3. The van der Waals surface area contributed by atoms with Gasteiger partial charge in [0.2, 0.25) is 0 Å². The van der Waals surface area contributed by atoms with E-state index in [9.17, 15) is 22.4 Å². The van der Waals surface area contributed by atoms with E-state index in [1.54, 1.807) is 0 Å². The average Bonchev–Trinajstić information content (AvgIpc) is 2.15. The van der Waals surface area contributed by atoms with Crippen LogP contribution in [0.1, 0.15) is 18.9 Å². The zero-order valence-corrected chi connectivity index (χ0v) is 9.01. The highest BCUT2D eigenvalue weighted by Gasteiger charge is 2.53. The van der Waals surface area contributed by atoms with Gasteiger partial charge in [-0.3, -0.25) is 4.79 Å². The minimum atomic E-state index is -4.78. The zero-order chi connectivity index (χ0) is 13.3. The predicted octanol–water partition coefficient (Wildman–Crippen LogP) is 2.52. The highest BCUT2D eigenvalue weighted by Crippen LogP contribution is 2.39. The van der Waals surface area contributed by atoms with Gasteiger partial charge in [-0.2, -0.15) is 13.2 Å². The second-order valence-corrected chi connectivity index (χ2v) is 3.85. The Bertz CT molecular complexity index is 412. The summed E-state index contributed by atoms with van der Waals surface area (Å²) in [5.74, 6) is -1.35. The van der Waals surface area contributed by atoms with E-state index in [2.05, 4.69) is 0 Å². The van der Waals surface area contributed by atoms with Crippen molar-refractivity contribution < 1.29 is 22.4 Å². The average molecular weight is 249 g/mol. The van der Waals surface area contributed by atoms with Crippen LogP contribution in [0.5, 0.6) is 0 Å². The van der Waals surface area contributed by atoms with Gasteiger partial charge in [0.15, 0.2) is 0 Å². The summed E-state index contributed by atoms with van der Waals surface area (Å²) in [7, 11) is 0. The number of carbonyl (C=O) groups is 1. The number of carbonyl (C=O) groups excluding carboxylic acids is 1. The number of halogens is 4. The van der Waals surface area contributed by atoms with Gasteiger partial charge >= 0.3 is 6.18 Å². The van der Waals surface area contributed by atoms with Crippen LogP contribution in [-0.2, 0) is 10.3 Å². The van der Waals surface area contributed by atoms with Gasteiger partial charge in [-0.05, 0) is 24.6 Å². The van der Waals surface area contributed by atoms with Crippen LogP contribution in [0.2, 0.25) is 0 Å². The van der Waals surface area contributed by atoms with Crippen molar-refractivity contribution in [3.63, 3.8) is 0 Å². The monoisotopic (exact) mass is 249 g/mol. The molecule has 94 valence electrons. The fourth-order valence-corrected chi connectivity index (χ4v) is 1.51. The van der Waals surface area contributed by atoms with Crippen LogP contribution in [0.3, 0.4) is 0 Å². The minimum absolute atomic E-state index is 0.332.